The van der Waals surface area contributed by atoms with Gasteiger partial charge in [-0.3, -0.25) is 4.31 Å². The van der Waals surface area contributed by atoms with Gasteiger partial charge in [0.15, 0.2) is 0 Å². The van der Waals surface area contributed by atoms with Crippen molar-refractivity contribution in [2.24, 2.45) is 0 Å². The molecule has 1 aliphatic rings. The summed E-state index contributed by atoms with van der Waals surface area (Å²) in [7, 11) is -7.39. The Kier molecular flexibility index (Phi) is 6.11. The summed E-state index contributed by atoms with van der Waals surface area (Å²) >= 11 is 0. The number of nitrogens with one attached hydrogen (secondary N) is 1. The van der Waals surface area contributed by atoms with Crippen LogP contribution in [0.15, 0.2) is 82.6 Å². The Labute approximate surface area is 196 Å². The van der Waals surface area contributed by atoms with E-state index in [-0.39, 0.29) is 22.9 Å². The van der Waals surface area contributed by atoms with Crippen molar-refractivity contribution >= 4 is 25.7 Å². The number of hydrogen-bond acceptors (Lipinski definition) is 4. The van der Waals surface area contributed by atoms with Crippen LogP contribution in [0.3, 0.4) is 0 Å². The van der Waals surface area contributed by atoms with E-state index in [0.717, 1.165) is 16.7 Å². The molecule has 174 valence electrons. The molecule has 33 heavy (non-hydrogen) atoms. The third kappa shape index (κ3) is 4.55. The maximum absolute atomic E-state index is 13.5. The number of rotatable bonds is 7. The van der Waals surface area contributed by atoms with Gasteiger partial charge in [-0.2, -0.15) is 0 Å². The van der Waals surface area contributed by atoms with Gasteiger partial charge in [0, 0.05) is 18.5 Å². The molecule has 8 heteroatoms. The SMILES string of the molecule is Cc1ccc(S(=O)(=O)NCCC2(C)CN(S(=O)(=O)c3ccc(C)cc3)c3ccccc32)cc1. The molecule has 4 rings (SSSR count). The van der Waals surface area contributed by atoms with Crippen molar-refractivity contribution in [2.45, 2.75) is 42.4 Å². The molecule has 1 N–H and O–H groups in total. The zero-order valence-electron chi connectivity index (χ0n) is 18.9. The molecule has 1 atom stereocenters. The van der Waals surface area contributed by atoms with E-state index in [1.807, 2.05) is 45.0 Å². The van der Waals surface area contributed by atoms with E-state index in [2.05, 4.69) is 4.72 Å². The summed E-state index contributed by atoms with van der Waals surface area (Å²) in [4.78, 5) is 0.459. The molecule has 6 nitrogen and oxygen atoms in total. The Hall–Kier alpha value is -2.68. The summed E-state index contributed by atoms with van der Waals surface area (Å²) < 4.78 is 56.4. The van der Waals surface area contributed by atoms with Crippen LogP contribution in [0, 0.1) is 13.8 Å². The Morgan fingerprint density at radius 1 is 0.818 bits per heavy atom. The molecule has 0 spiro atoms. The number of aryl methyl sites for hydroxylation is 2. The van der Waals surface area contributed by atoms with E-state index >= 15 is 0 Å². The molecule has 1 heterocycles. The van der Waals surface area contributed by atoms with Crippen molar-refractivity contribution in [3.8, 4) is 0 Å². The third-order valence-corrected chi connectivity index (χ3v) is 9.48. The molecule has 1 aliphatic heterocycles. The largest absolute Gasteiger partial charge is 0.265 e. The van der Waals surface area contributed by atoms with Gasteiger partial charge in [0.05, 0.1) is 15.5 Å². The summed E-state index contributed by atoms with van der Waals surface area (Å²) in [6, 6.07) is 20.9. The van der Waals surface area contributed by atoms with E-state index in [0.29, 0.717) is 12.1 Å². The van der Waals surface area contributed by atoms with Crippen LogP contribution in [0.25, 0.3) is 0 Å². The van der Waals surface area contributed by atoms with E-state index in [4.69, 9.17) is 0 Å². The number of sulfonamides is 2. The van der Waals surface area contributed by atoms with Gasteiger partial charge in [0.1, 0.15) is 0 Å². The zero-order chi connectivity index (χ0) is 23.9. The molecule has 0 radical (unpaired) electrons. The first kappa shape index (κ1) is 23.5. The highest BCUT2D eigenvalue weighted by Crippen LogP contribution is 2.45. The smallest absolute Gasteiger partial charge is 0.264 e. The minimum Gasteiger partial charge on any atom is -0.265 e. The minimum absolute atomic E-state index is 0.194. The van der Waals surface area contributed by atoms with Gasteiger partial charge in [0.25, 0.3) is 10.0 Å². The Balaban J connectivity index is 1.57. The van der Waals surface area contributed by atoms with Gasteiger partial charge in [0.2, 0.25) is 10.0 Å². The van der Waals surface area contributed by atoms with E-state index in [9.17, 15) is 16.8 Å². The number of fused-ring (bicyclic) bond motifs is 1. The van der Waals surface area contributed by atoms with Gasteiger partial charge >= 0.3 is 0 Å². The fourth-order valence-electron chi connectivity index (χ4n) is 4.22. The molecule has 3 aromatic rings. The van der Waals surface area contributed by atoms with Crippen LogP contribution in [0.4, 0.5) is 5.69 Å². The lowest BCUT2D eigenvalue weighted by Crippen LogP contribution is -2.38. The maximum atomic E-state index is 13.5. The van der Waals surface area contributed by atoms with Crippen LogP contribution < -0.4 is 9.03 Å². The first-order valence-corrected chi connectivity index (χ1v) is 13.7. The summed E-state index contributed by atoms with van der Waals surface area (Å²) in [5.74, 6) is 0. The van der Waals surface area contributed by atoms with Crippen molar-refractivity contribution < 1.29 is 16.8 Å². The quantitative estimate of drug-likeness (QED) is 0.546. The second-order valence-corrected chi connectivity index (χ2v) is 12.5. The number of nitrogens with zero attached hydrogens (tertiary/aromatic N) is 1. The molecule has 0 amide bonds. The third-order valence-electron chi connectivity index (χ3n) is 6.22. The Morgan fingerprint density at radius 3 is 1.97 bits per heavy atom. The highest BCUT2D eigenvalue weighted by Gasteiger charge is 2.43. The predicted molar refractivity (Wildman–Crippen MR) is 130 cm³/mol. The predicted octanol–water partition coefficient (Wildman–Crippen LogP) is 4.14. The van der Waals surface area contributed by atoms with Crippen molar-refractivity contribution in [1.29, 1.82) is 0 Å². The standard InChI is InChI=1S/C25H28N2O4S2/c1-19-8-12-21(13-9-19)32(28,29)26-17-16-25(3)18-27(24-7-5-4-6-23(24)25)33(30,31)22-14-10-20(2)11-15-22/h4-15,26H,16-18H2,1-3H3. The van der Waals surface area contributed by atoms with Crippen LogP contribution >= 0.6 is 0 Å². The lowest BCUT2D eigenvalue weighted by Gasteiger charge is -2.26. The van der Waals surface area contributed by atoms with Crippen molar-refractivity contribution in [2.75, 3.05) is 17.4 Å². The fraction of sp³-hybridized carbons (Fsp3) is 0.280. The maximum Gasteiger partial charge on any atom is 0.264 e. The first-order valence-electron chi connectivity index (χ1n) is 10.8. The van der Waals surface area contributed by atoms with E-state index in [1.165, 1.54) is 4.31 Å². The topological polar surface area (TPSA) is 83.6 Å². The first-order chi connectivity index (χ1) is 15.5. The molecule has 0 aliphatic carbocycles. The molecule has 0 fully saturated rings. The monoisotopic (exact) mass is 484 g/mol. The number of hydrogen-bond donors (Lipinski definition) is 1. The highest BCUT2D eigenvalue weighted by atomic mass is 32.2. The van der Waals surface area contributed by atoms with Gasteiger partial charge in [-0.15, -0.1) is 0 Å². The lowest BCUT2D eigenvalue weighted by atomic mass is 9.81. The second-order valence-electron chi connectivity index (χ2n) is 8.86. The van der Waals surface area contributed by atoms with Crippen LogP contribution in [0.1, 0.15) is 30.0 Å². The van der Waals surface area contributed by atoms with Gasteiger partial charge in [-0.25, -0.2) is 21.6 Å². The molecular formula is C25H28N2O4S2. The summed E-state index contributed by atoms with van der Waals surface area (Å²) in [5, 5.41) is 0. The van der Waals surface area contributed by atoms with Gasteiger partial charge < -0.3 is 0 Å². The molecule has 1 unspecified atom stereocenters. The van der Waals surface area contributed by atoms with Crippen molar-refractivity contribution in [1.82, 2.24) is 4.72 Å². The number of benzene rings is 3. The summed E-state index contributed by atoms with van der Waals surface area (Å²) in [6.07, 6.45) is 0.453. The zero-order valence-corrected chi connectivity index (χ0v) is 20.6. The second kappa shape index (κ2) is 8.59. The molecule has 3 aromatic carbocycles. The molecule has 0 saturated heterocycles. The van der Waals surface area contributed by atoms with Gasteiger partial charge in [-0.05, 0) is 56.2 Å². The molecule has 0 aromatic heterocycles. The average molecular weight is 485 g/mol. The van der Waals surface area contributed by atoms with Crippen LogP contribution in [-0.4, -0.2) is 29.9 Å². The molecular weight excluding hydrogens is 456 g/mol. The molecule has 0 saturated carbocycles. The van der Waals surface area contributed by atoms with Gasteiger partial charge in [-0.1, -0.05) is 60.5 Å². The highest BCUT2D eigenvalue weighted by molar-refractivity contribution is 7.92. The fourth-order valence-corrected chi connectivity index (χ4v) is 6.86. The number of anilines is 1. The molecule has 0 bridgehead atoms. The number of para-hydroxylation sites is 1. The minimum atomic E-state index is -3.75. The van der Waals surface area contributed by atoms with Crippen LogP contribution in [-0.2, 0) is 25.5 Å². The summed E-state index contributed by atoms with van der Waals surface area (Å²) in [5.41, 5.74) is 2.97. The van der Waals surface area contributed by atoms with E-state index in [1.54, 1.807) is 48.5 Å². The Bertz CT molecular complexity index is 1370. The van der Waals surface area contributed by atoms with Crippen LogP contribution in [0.2, 0.25) is 0 Å². The van der Waals surface area contributed by atoms with Crippen LogP contribution in [0.5, 0.6) is 0 Å². The van der Waals surface area contributed by atoms with Crippen molar-refractivity contribution in [3.05, 3.63) is 89.5 Å². The normalized spacial score (nSPS) is 18.3. The average Bonchev–Trinajstić information content (AvgIpc) is 3.08. The lowest BCUT2D eigenvalue weighted by molar-refractivity contribution is 0.463. The summed E-state index contributed by atoms with van der Waals surface area (Å²) in [6.45, 7) is 6.24. The Morgan fingerprint density at radius 2 is 1.36 bits per heavy atom. The van der Waals surface area contributed by atoms with Crippen molar-refractivity contribution in [3.63, 3.8) is 0 Å². The van der Waals surface area contributed by atoms with E-state index < -0.39 is 25.5 Å².